The molecule has 1 saturated heterocycles. The van der Waals surface area contributed by atoms with Crippen LogP contribution in [0.15, 0.2) is 53.4 Å². The molecular formula is C21H25N3O4S. The van der Waals surface area contributed by atoms with Gasteiger partial charge in [0.25, 0.3) is 15.9 Å². The van der Waals surface area contributed by atoms with Gasteiger partial charge >= 0.3 is 0 Å². The molecule has 154 valence electrons. The first-order valence-corrected chi connectivity index (χ1v) is 11.1. The standard InChI is InChI=1S/C21H25N3O4S/c1-3-22-20(25)19-8-5-13-24(19)21(26)16-6-4-7-17(14-16)23-29(27,28)18-11-9-15(2)10-12-18/h4,6-7,9-12,14,19,23H,3,5,8,13H2,1-2H3,(H,22,25). The van der Waals surface area contributed by atoms with Gasteiger partial charge in [0.2, 0.25) is 5.91 Å². The summed E-state index contributed by atoms with van der Waals surface area (Å²) in [6, 6.07) is 12.4. The van der Waals surface area contributed by atoms with Crippen LogP contribution in [0.4, 0.5) is 5.69 Å². The zero-order valence-electron chi connectivity index (χ0n) is 16.5. The molecule has 2 amide bonds. The summed E-state index contributed by atoms with van der Waals surface area (Å²) < 4.78 is 27.7. The van der Waals surface area contributed by atoms with Crippen molar-refractivity contribution in [2.24, 2.45) is 0 Å². The second kappa shape index (κ2) is 8.65. The summed E-state index contributed by atoms with van der Waals surface area (Å²) in [5.41, 5.74) is 1.60. The summed E-state index contributed by atoms with van der Waals surface area (Å²) in [4.78, 5) is 26.9. The fourth-order valence-electron chi connectivity index (χ4n) is 3.39. The van der Waals surface area contributed by atoms with Gasteiger partial charge in [-0.15, -0.1) is 0 Å². The molecule has 29 heavy (non-hydrogen) atoms. The molecule has 0 aliphatic carbocycles. The third-order valence-corrected chi connectivity index (χ3v) is 6.26. The molecule has 0 bridgehead atoms. The maximum Gasteiger partial charge on any atom is 0.261 e. The molecule has 0 spiro atoms. The topological polar surface area (TPSA) is 95.6 Å². The van der Waals surface area contributed by atoms with Crippen LogP contribution in [0.1, 0.15) is 35.7 Å². The molecule has 1 fully saturated rings. The maximum absolute atomic E-state index is 13.0. The Bertz CT molecular complexity index is 1000. The van der Waals surface area contributed by atoms with Gasteiger partial charge in [0.15, 0.2) is 0 Å². The van der Waals surface area contributed by atoms with E-state index >= 15 is 0 Å². The molecule has 1 heterocycles. The zero-order chi connectivity index (χ0) is 21.0. The van der Waals surface area contributed by atoms with Gasteiger partial charge in [-0.05, 0) is 57.0 Å². The van der Waals surface area contributed by atoms with Crippen molar-refractivity contribution in [1.29, 1.82) is 0 Å². The highest BCUT2D eigenvalue weighted by molar-refractivity contribution is 7.92. The first-order valence-electron chi connectivity index (χ1n) is 9.60. The van der Waals surface area contributed by atoms with Gasteiger partial charge in [0, 0.05) is 24.3 Å². The quantitative estimate of drug-likeness (QED) is 0.758. The van der Waals surface area contributed by atoms with E-state index in [0.29, 0.717) is 30.8 Å². The van der Waals surface area contributed by atoms with E-state index in [1.807, 2.05) is 13.8 Å². The Morgan fingerprint density at radius 1 is 1.14 bits per heavy atom. The number of likely N-dealkylation sites (tertiary alicyclic amines) is 1. The predicted octanol–water partition coefficient (Wildman–Crippen LogP) is 2.54. The molecule has 1 aliphatic heterocycles. The zero-order valence-corrected chi connectivity index (χ0v) is 17.3. The lowest BCUT2D eigenvalue weighted by atomic mass is 10.1. The number of benzene rings is 2. The number of nitrogens with one attached hydrogen (secondary N) is 2. The molecule has 0 radical (unpaired) electrons. The Hall–Kier alpha value is -2.87. The Balaban J connectivity index is 1.79. The Morgan fingerprint density at radius 3 is 2.55 bits per heavy atom. The van der Waals surface area contributed by atoms with Crippen LogP contribution < -0.4 is 10.0 Å². The smallest absolute Gasteiger partial charge is 0.261 e. The molecular weight excluding hydrogens is 390 g/mol. The number of carbonyl (C=O) groups is 2. The molecule has 2 aromatic rings. The number of anilines is 1. The molecule has 2 N–H and O–H groups in total. The number of hydrogen-bond donors (Lipinski definition) is 2. The summed E-state index contributed by atoms with van der Waals surface area (Å²) in [6.07, 6.45) is 1.38. The van der Waals surface area contributed by atoms with Crippen LogP contribution >= 0.6 is 0 Å². The lowest BCUT2D eigenvalue weighted by Gasteiger charge is -2.24. The van der Waals surface area contributed by atoms with Gasteiger partial charge in [-0.1, -0.05) is 23.8 Å². The largest absolute Gasteiger partial charge is 0.355 e. The number of nitrogens with zero attached hydrogens (tertiary/aromatic N) is 1. The summed E-state index contributed by atoms with van der Waals surface area (Å²) in [5, 5.41) is 2.76. The van der Waals surface area contributed by atoms with Crippen LogP contribution in [0.3, 0.4) is 0 Å². The second-order valence-electron chi connectivity index (χ2n) is 7.05. The number of hydrogen-bond acceptors (Lipinski definition) is 4. The van der Waals surface area contributed by atoms with Crippen molar-refractivity contribution in [2.75, 3.05) is 17.8 Å². The predicted molar refractivity (Wildman–Crippen MR) is 111 cm³/mol. The maximum atomic E-state index is 13.0. The van der Waals surface area contributed by atoms with E-state index in [0.717, 1.165) is 12.0 Å². The van der Waals surface area contributed by atoms with Gasteiger partial charge in [0.1, 0.15) is 6.04 Å². The number of carbonyl (C=O) groups excluding carboxylic acids is 2. The van der Waals surface area contributed by atoms with Gasteiger partial charge in [-0.25, -0.2) is 8.42 Å². The van der Waals surface area contributed by atoms with E-state index in [-0.39, 0.29) is 16.7 Å². The molecule has 2 aromatic carbocycles. The Kier molecular flexibility index (Phi) is 6.22. The van der Waals surface area contributed by atoms with Gasteiger partial charge in [-0.3, -0.25) is 14.3 Å². The lowest BCUT2D eigenvalue weighted by Crippen LogP contribution is -2.45. The van der Waals surface area contributed by atoms with E-state index in [1.54, 1.807) is 35.2 Å². The number of sulfonamides is 1. The fraction of sp³-hybridized carbons (Fsp3) is 0.333. The average Bonchev–Trinajstić information content (AvgIpc) is 3.18. The van der Waals surface area contributed by atoms with Crippen LogP contribution in [0.25, 0.3) is 0 Å². The third kappa shape index (κ3) is 4.76. The Morgan fingerprint density at radius 2 is 1.86 bits per heavy atom. The highest BCUT2D eigenvalue weighted by Crippen LogP contribution is 2.23. The summed E-state index contributed by atoms with van der Waals surface area (Å²) in [7, 11) is -3.76. The van der Waals surface area contributed by atoms with Gasteiger partial charge in [-0.2, -0.15) is 0 Å². The third-order valence-electron chi connectivity index (χ3n) is 4.86. The van der Waals surface area contributed by atoms with E-state index in [9.17, 15) is 18.0 Å². The van der Waals surface area contributed by atoms with Crippen LogP contribution in [-0.2, 0) is 14.8 Å². The monoisotopic (exact) mass is 415 g/mol. The molecule has 7 nitrogen and oxygen atoms in total. The van der Waals surface area contributed by atoms with E-state index in [4.69, 9.17) is 0 Å². The number of likely N-dealkylation sites (N-methyl/N-ethyl adjacent to an activating group) is 1. The SMILES string of the molecule is CCNC(=O)C1CCCN1C(=O)c1cccc(NS(=O)(=O)c2ccc(C)cc2)c1. The van der Waals surface area contributed by atoms with E-state index in [1.165, 1.54) is 18.2 Å². The normalized spacial score (nSPS) is 16.5. The Labute approximate surface area is 171 Å². The highest BCUT2D eigenvalue weighted by Gasteiger charge is 2.34. The minimum absolute atomic E-state index is 0.149. The van der Waals surface area contributed by atoms with Crippen molar-refractivity contribution in [2.45, 2.75) is 37.6 Å². The first-order chi connectivity index (χ1) is 13.8. The van der Waals surface area contributed by atoms with Crippen molar-refractivity contribution in [3.8, 4) is 0 Å². The number of amides is 2. The molecule has 3 rings (SSSR count). The second-order valence-corrected chi connectivity index (χ2v) is 8.73. The summed E-state index contributed by atoms with van der Waals surface area (Å²) in [5.74, 6) is -0.440. The van der Waals surface area contributed by atoms with Gasteiger partial charge in [0.05, 0.1) is 4.90 Å². The molecule has 0 aromatic heterocycles. The van der Waals surface area contributed by atoms with E-state index in [2.05, 4.69) is 10.0 Å². The number of aryl methyl sites for hydroxylation is 1. The lowest BCUT2D eigenvalue weighted by molar-refractivity contribution is -0.124. The molecule has 1 aliphatic rings. The molecule has 8 heteroatoms. The van der Waals surface area contributed by atoms with Crippen molar-refractivity contribution in [3.05, 3.63) is 59.7 Å². The number of rotatable bonds is 6. The first kappa shape index (κ1) is 20.9. The molecule has 1 unspecified atom stereocenters. The fourth-order valence-corrected chi connectivity index (χ4v) is 4.44. The molecule has 0 saturated carbocycles. The van der Waals surface area contributed by atoms with Crippen LogP contribution in [-0.4, -0.2) is 44.3 Å². The minimum atomic E-state index is -3.76. The van der Waals surface area contributed by atoms with E-state index < -0.39 is 16.1 Å². The van der Waals surface area contributed by atoms with Gasteiger partial charge < -0.3 is 10.2 Å². The van der Waals surface area contributed by atoms with Crippen molar-refractivity contribution in [1.82, 2.24) is 10.2 Å². The van der Waals surface area contributed by atoms with Crippen LogP contribution in [0, 0.1) is 6.92 Å². The average molecular weight is 416 g/mol. The van der Waals surface area contributed by atoms with Crippen molar-refractivity contribution < 1.29 is 18.0 Å². The summed E-state index contributed by atoms with van der Waals surface area (Å²) >= 11 is 0. The minimum Gasteiger partial charge on any atom is -0.355 e. The van der Waals surface area contributed by atoms with Crippen molar-refractivity contribution >= 4 is 27.5 Å². The summed E-state index contributed by atoms with van der Waals surface area (Å²) in [6.45, 7) is 4.72. The van der Waals surface area contributed by atoms with Crippen LogP contribution in [0.2, 0.25) is 0 Å². The molecule has 1 atom stereocenters. The van der Waals surface area contributed by atoms with Crippen molar-refractivity contribution in [3.63, 3.8) is 0 Å². The van der Waals surface area contributed by atoms with Crippen LogP contribution in [0.5, 0.6) is 0 Å². The highest BCUT2D eigenvalue weighted by atomic mass is 32.2.